The minimum Gasteiger partial charge on any atom is -0.497 e. The predicted molar refractivity (Wildman–Crippen MR) is 124 cm³/mol. The smallest absolute Gasteiger partial charge is 0.410 e. The SMILES string of the molecule is COc1ccc2cc(C[C@@H]3CCCN3C(=O)OC(C)(C)C)c3ccc(OC)cc3c2c1. The number of hydrogen-bond donors (Lipinski definition) is 0. The van der Waals surface area contributed by atoms with Gasteiger partial charge in [0.25, 0.3) is 0 Å². The predicted octanol–water partition coefficient (Wildman–Crippen LogP) is 5.95. The zero-order valence-corrected chi connectivity index (χ0v) is 19.0. The summed E-state index contributed by atoms with van der Waals surface area (Å²) in [6.45, 7) is 6.48. The van der Waals surface area contributed by atoms with Crippen LogP contribution in [-0.2, 0) is 11.2 Å². The Morgan fingerprint density at radius 3 is 2.32 bits per heavy atom. The third kappa shape index (κ3) is 4.41. The van der Waals surface area contributed by atoms with Gasteiger partial charge in [-0.3, -0.25) is 0 Å². The van der Waals surface area contributed by atoms with Gasteiger partial charge in [0.1, 0.15) is 17.1 Å². The third-order valence-corrected chi connectivity index (χ3v) is 5.91. The maximum Gasteiger partial charge on any atom is 0.410 e. The lowest BCUT2D eigenvalue weighted by molar-refractivity contribution is 0.0227. The molecule has 0 radical (unpaired) electrons. The zero-order chi connectivity index (χ0) is 22.2. The first-order valence-electron chi connectivity index (χ1n) is 10.9. The van der Waals surface area contributed by atoms with E-state index in [-0.39, 0.29) is 12.1 Å². The monoisotopic (exact) mass is 421 g/mol. The summed E-state index contributed by atoms with van der Waals surface area (Å²) in [5, 5.41) is 4.59. The van der Waals surface area contributed by atoms with E-state index in [4.69, 9.17) is 14.2 Å². The van der Waals surface area contributed by atoms with Gasteiger partial charge in [-0.2, -0.15) is 0 Å². The number of fused-ring (bicyclic) bond motifs is 3. The molecule has 1 amide bonds. The molecule has 1 fully saturated rings. The topological polar surface area (TPSA) is 48.0 Å². The number of ether oxygens (including phenoxy) is 3. The van der Waals surface area contributed by atoms with Gasteiger partial charge in [0.15, 0.2) is 0 Å². The quantitative estimate of drug-likeness (QED) is 0.488. The number of hydrogen-bond acceptors (Lipinski definition) is 4. The molecule has 0 bridgehead atoms. The second kappa shape index (κ2) is 8.29. The van der Waals surface area contributed by atoms with Crippen LogP contribution in [0.5, 0.6) is 11.5 Å². The summed E-state index contributed by atoms with van der Waals surface area (Å²) >= 11 is 0. The van der Waals surface area contributed by atoms with Crippen molar-refractivity contribution in [2.24, 2.45) is 0 Å². The Balaban J connectivity index is 1.75. The lowest BCUT2D eigenvalue weighted by Crippen LogP contribution is -2.40. The molecule has 1 saturated heterocycles. The number of methoxy groups -OCH3 is 2. The number of benzene rings is 3. The number of amides is 1. The Kier molecular flexibility index (Phi) is 5.69. The number of carbonyl (C=O) groups is 1. The molecule has 4 rings (SSSR count). The van der Waals surface area contributed by atoms with Gasteiger partial charge in [-0.15, -0.1) is 0 Å². The fourth-order valence-electron chi connectivity index (χ4n) is 4.47. The van der Waals surface area contributed by atoms with Gasteiger partial charge in [-0.1, -0.05) is 18.2 Å². The maximum atomic E-state index is 12.8. The normalized spacial score (nSPS) is 16.7. The van der Waals surface area contributed by atoms with Crippen LogP contribution in [0.1, 0.15) is 39.2 Å². The van der Waals surface area contributed by atoms with Crippen molar-refractivity contribution >= 4 is 27.6 Å². The van der Waals surface area contributed by atoms with E-state index in [1.807, 2.05) is 37.8 Å². The highest BCUT2D eigenvalue weighted by Gasteiger charge is 2.32. The van der Waals surface area contributed by atoms with Crippen molar-refractivity contribution in [3.63, 3.8) is 0 Å². The molecule has 0 spiro atoms. The summed E-state index contributed by atoms with van der Waals surface area (Å²) in [5.41, 5.74) is 0.742. The second-order valence-corrected chi connectivity index (χ2v) is 9.21. The Hall–Kier alpha value is -2.95. The Labute approximate surface area is 183 Å². The van der Waals surface area contributed by atoms with E-state index < -0.39 is 5.60 Å². The molecule has 5 heteroatoms. The van der Waals surface area contributed by atoms with Crippen LogP contribution in [0.25, 0.3) is 21.5 Å². The largest absolute Gasteiger partial charge is 0.497 e. The molecule has 164 valence electrons. The molecule has 5 nitrogen and oxygen atoms in total. The maximum absolute atomic E-state index is 12.8. The lowest BCUT2D eigenvalue weighted by Gasteiger charge is -2.29. The molecular formula is C26H31NO4. The van der Waals surface area contributed by atoms with Crippen LogP contribution in [0.4, 0.5) is 4.79 Å². The van der Waals surface area contributed by atoms with Crippen molar-refractivity contribution in [2.45, 2.75) is 51.7 Å². The highest BCUT2D eigenvalue weighted by atomic mass is 16.6. The van der Waals surface area contributed by atoms with Crippen LogP contribution >= 0.6 is 0 Å². The molecule has 1 aliphatic rings. The van der Waals surface area contributed by atoms with Crippen molar-refractivity contribution in [1.82, 2.24) is 4.90 Å². The molecule has 1 atom stereocenters. The minimum atomic E-state index is -0.491. The highest BCUT2D eigenvalue weighted by molar-refractivity contribution is 6.10. The molecule has 0 aliphatic carbocycles. The zero-order valence-electron chi connectivity index (χ0n) is 19.0. The Morgan fingerprint density at radius 2 is 1.65 bits per heavy atom. The van der Waals surface area contributed by atoms with Crippen LogP contribution in [0.3, 0.4) is 0 Å². The van der Waals surface area contributed by atoms with Gasteiger partial charge in [0, 0.05) is 12.6 Å². The fourth-order valence-corrected chi connectivity index (χ4v) is 4.47. The van der Waals surface area contributed by atoms with E-state index in [0.29, 0.717) is 0 Å². The summed E-state index contributed by atoms with van der Waals surface area (Å²) in [5.74, 6) is 1.65. The Bertz CT molecular complexity index is 1120. The van der Waals surface area contributed by atoms with Crippen molar-refractivity contribution < 1.29 is 19.0 Å². The van der Waals surface area contributed by atoms with E-state index in [1.54, 1.807) is 14.2 Å². The first kappa shape index (κ1) is 21.3. The summed E-state index contributed by atoms with van der Waals surface area (Å²) < 4.78 is 16.6. The van der Waals surface area contributed by atoms with Crippen molar-refractivity contribution in [1.29, 1.82) is 0 Å². The highest BCUT2D eigenvalue weighted by Crippen LogP contribution is 2.35. The summed E-state index contributed by atoms with van der Waals surface area (Å²) in [6, 6.07) is 14.7. The molecule has 0 N–H and O–H groups in total. The number of carbonyl (C=O) groups excluding carboxylic acids is 1. The molecule has 0 aromatic heterocycles. The number of rotatable bonds is 4. The lowest BCUT2D eigenvalue weighted by atomic mass is 9.93. The van der Waals surface area contributed by atoms with Gasteiger partial charge in [-0.05, 0) is 91.4 Å². The van der Waals surface area contributed by atoms with Crippen molar-refractivity contribution in [3.8, 4) is 11.5 Å². The van der Waals surface area contributed by atoms with Crippen LogP contribution in [0.15, 0.2) is 42.5 Å². The van der Waals surface area contributed by atoms with Gasteiger partial charge < -0.3 is 19.1 Å². The number of nitrogens with zero attached hydrogens (tertiary/aromatic N) is 1. The number of likely N-dealkylation sites (tertiary alicyclic amines) is 1. The van der Waals surface area contributed by atoms with Crippen LogP contribution in [0.2, 0.25) is 0 Å². The average molecular weight is 422 g/mol. The first-order valence-corrected chi connectivity index (χ1v) is 10.9. The van der Waals surface area contributed by atoms with E-state index in [9.17, 15) is 4.79 Å². The first-order chi connectivity index (χ1) is 14.8. The van der Waals surface area contributed by atoms with Crippen molar-refractivity contribution in [2.75, 3.05) is 20.8 Å². The summed E-state index contributed by atoms with van der Waals surface area (Å²) in [6.07, 6.45) is 2.56. The molecule has 3 aromatic rings. The Morgan fingerprint density at radius 1 is 0.968 bits per heavy atom. The molecular weight excluding hydrogens is 390 g/mol. The van der Waals surface area contributed by atoms with E-state index >= 15 is 0 Å². The van der Waals surface area contributed by atoms with Gasteiger partial charge in [-0.25, -0.2) is 4.79 Å². The van der Waals surface area contributed by atoms with Crippen LogP contribution < -0.4 is 9.47 Å². The minimum absolute atomic E-state index is 0.135. The second-order valence-electron chi connectivity index (χ2n) is 9.21. The van der Waals surface area contributed by atoms with Gasteiger partial charge in [0.2, 0.25) is 0 Å². The molecule has 3 aromatic carbocycles. The molecule has 0 saturated carbocycles. The molecule has 0 unspecified atom stereocenters. The van der Waals surface area contributed by atoms with Crippen molar-refractivity contribution in [3.05, 3.63) is 48.0 Å². The van der Waals surface area contributed by atoms with E-state index in [2.05, 4.69) is 30.3 Å². The van der Waals surface area contributed by atoms with E-state index in [0.717, 1.165) is 53.5 Å². The van der Waals surface area contributed by atoms with Crippen LogP contribution in [-0.4, -0.2) is 43.4 Å². The molecule has 1 aliphatic heterocycles. The van der Waals surface area contributed by atoms with Gasteiger partial charge >= 0.3 is 6.09 Å². The molecule has 31 heavy (non-hydrogen) atoms. The average Bonchev–Trinajstić information content (AvgIpc) is 3.20. The third-order valence-electron chi connectivity index (χ3n) is 5.91. The summed E-state index contributed by atoms with van der Waals surface area (Å²) in [4.78, 5) is 14.7. The standard InChI is InChI=1S/C26H31NO4/c1-26(2,3)31-25(28)27-12-6-7-19(27)14-18-13-17-8-9-20(29-4)15-23(17)24-16-21(30-5)10-11-22(18)24/h8-11,13,15-16,19H,6-7,12,14H2,1-5H3/t19-/m0/s1. The summed E-state index contributed by atoms with van der Waals surface area (Å²) in [7, 11) is 3.37. The van der Waals surface area contributed by atoms with Crippen LogP contribution in [0, 0.1) is 0 Å². The van der Waals surface area contributed by atoms with E-state index in [1.165, 1.54) is 10.9 Å². The fraction of sp³-hybridized carbons (Fsp3) is 0.423. The molecule has 1 heterocycles. The van der Waals surface area contributed by atoms with Gasteiger partial charge in [0.05, 0.1) is 14.2 Å².